The predicted molar refractivity (Wildman–Crippen MR) is 113 cm³/mol. The Balaban J connectivity index is 1.59. The molecule has 1 aromatic heterocycles. The van der Waals surface area contributed by atoms with E-state index in [1.54, 1.807) is 31.2 Å². The number of hydrogen-bond donors (Lipinski definition) is 0. The minimum Gasteiger partial charge on any atom is -0.496 e. The number of methoxy groups -OCH3 is 1. The number of thioether (sulfide) groups is 1. The molecule has 0 saturated heterocycles. The Morgan fingerprint density at radius 3 is 2.55 bits per heavy atom. The zero-order valence-electron chi connectivity index (χ0n) is 17.3. The predicted octanol–water partition coefficient (Wildman–Crippen LogP) is 3.84. The summed E-state index contributed by atoms with van der Waals surface area (Å²) in [6, 6.07) is 13.7. The fourth-order valence-corrected chi connectivity index (χ4v) is 3.73. The summed E-state index contributed by atoms with van der Waals surface area (Å²) in [4.78, 5) is 14.1. The lowest BCUT2D eigenvalue weighted by Gasteiger charge is -2.17. The van der Waals surface area contributed by atoms with Gasteiger partial charge in [0.2, 0.25) is 5.91 Å². The Bertz CT molecular complexity index is 1030. The summed E-state index contributed by atoms with van der Waals surface area (Å²) in [5, 5.41) is 9.03. The Labute approximate surface area is 183 Å². The monoisotopic (exact) mass is 448 g/mol. The minimum absolute atomic E-state index is 0.0800. The first-order valence-electron chi connectivity index (χ1n) is 9.32. The van der Waals surface area contributed by atoms with Gasteiger partial charge in [0, 0.05) is 20.6 Å². The summed E-state index contributed by atoms with van der Waals surface area (Å²) in [5.74, 6) is 1.50. The number of nitrogens with zero attached hydrogens (tertiary/aromatic N) is 4. The van der Waals surface area contributed by atoms with Crippen LogP contribution >= 0.6 is 11.8 Å². The molecule has 3 rings (SSSR count). The molecule has 3 aromatic rings. The first kappa shape index (κ1) is 22.5. The SMILES string of the molecule is COc1ccccc1-c1nnc(SCC(=O)N(C)Cc2ccc(OC(F)F)cc2)n1C. The number of rotatable bonds is 9. The summed E-state index contributed by atoms with van der Waals surface area (Å²) < 4.78 is 36.0. The number of para-hydroxylation sites is 1. The van der Waals surface area contributed by atoms with Crippen LogP contribution in [0.15, 0.2) is 53.7 Å². The van der Waals surface area contributed by atoms with E-state index in [9.17, 15) is 13.6 Å². The highest BCUT2D eigenvalue weighted by molar-refractivity contribution is 7.99. The lowest BCUT2D eigenvalue weighted by molar-refractivity contribution is -0.127. The Morgan fingerprint density at radius 2 is 1.87 bits per heavy atom. The van der Waals surface area contributed by atoms with Gasteiger partial charge in [-0.1, -0.05) is 36.0 Å². The molecule has 0 aliphatic rings. The maximum absolute atomic E-state index is 12.5. The summed E-state index contributed by atoms with van der Waals surface area (Å²) in [7, 11) is 5.11. The van der Waals surface area contributed by atoms with Crippen molar-refractivity contribution in [3.05, 3.63) is 54.1 Å². The normalized spacial score (nSPS) is 10.9. The van der Waals surface area contributed by atoms with Crippen LogP contribution in [0.25, 0.3) is 11.4 Å². The third-order valence-corrected chi connectivity index (χ3v) is 5.51. The maximum atomic E-state index is 12.5. The molecule has 0 N–H and O–H groups in total. The summed E-state index contributed by atoms with van der Waals surface area (Å²) in [6.45, 7) is -2.52. The second-order valence-corrected chi connectivity index (χ2v) is 7.57. The first-order chi connectivity index (χ1) is 14.9. The van der Waals surface area contributed by atoms with Crippen molar-refractivity contribution in [3.8, 4) is 22.9 Å². The Hall–Kier alpha value is -3.14. The van der Waals surface area contributed by atoms with Crippen LogP contribution in [0.1, 0.15) is 5.56 Å². The number of benzene rings is 2. The van der Waals surface area contributed by atoms with E-state index in [4.69, 9.17) is 4.74 Å². The third-order valence-electron chi connectivity index (χ3n) is 4.50. The van der Waals surface area contributed by atoms with Crippen LogP contribution in [0, 0.1) is 0 Å². The number of halogens is 2. The minimum atomic E-state index is -2.86. The van der Waals surface area contributed by atoms with Crippen molar-refractivity contribution >= 4 is 17.7 Å². The summed E-state index contributed by atoms with van der Waals surface area (Å²) in [5.41, 5.74) is 1.62. The molecule has 0 unspecified atom stereocenters. The molecule has 0 atom stereocenters. The van der Waals surface area contributed by atoms with Crippen LogP contribution in [0.3, 0.4) is 0 Å². The number of hydrogen-bond acceptors (Lipinski definition) is 6. The third kappa shape index (κ3) is 5.72. The van der Waals surface area contributed by atoms with Gasteiger partial charge in [0.05, 0.1) is 18.4 Å². The fourth-order valence-electron chi connectivity index (χ4n) is 2.88. The van der Waals surface area contributed by atoms with E-state index in [0.717, 1.165) is 11.1 Å². The summed E-state index contributed by atoms with van der Waals surface area (Å²) >= 11 is 1.29. The summed E-state index contributed by atoms with van der Waals surface area (Å²) in [6.07, 6.45) is 0. The average molecular weight is 448 g/mol. The van der Waals surface area contributed by atoms with Crippen LogP contribution in [0.5, 0.6) is 11.5 Å². The van der Waals surface area contributed by atoms with E-state index in [2.05, 4.69) is 14.9 Å². The van der Waals surface area contributed by atoms with E-state index in [1.165, 1.54) is 23.9 Å². The zero-order chi connectivity index (χ0) is 22.4. The number of aromatic nitrogens is 3. The van der Waals surface area contributed by atoms with Gasteiger partial charge in [0.25, 0.3) is 0 Å². The molecule has 10 heteroatoms. The highest BCUT2D eigenvalue weighted by Crippen LogP contribution is 2.30. The topological polar surface area (TPSA) is 69.5 Å². The molecule has 0 radical (unpaired) electrons. The van der Waals surface area contributed by atoms with Crippen molar-refractivity contribution in [1.29, 1.82) is 0 Å². The largest absolute Gasteiger partial charge is 0.496 e. The quantitative estimate of drug-likeness (QED) is 0.463. The second-order valence-electron chi connectivity index (χ2n) is 6.63. The molecule has 2 aromatic carbocycles. The molecule has 7 nitrogen and oxygen atoms in total. The molecular weight excluding hydrogens is 426 g/mol. The number of alkyl halides is 2. The standard InChI is InChI=1S/C21H22F2N4O3S/c1-26(12-14-8-10-15(11-9-14)30-20(22)23)18(28)13-31-21-25-24-19(27(21)2)16-6-4-5-7-17(16)29-3/h4-11,20H,12-13H2,1-3H3. The van der Waals surface area contributed by atoms with Crippen molar-refractivity contribution in [2.75, 3.05) is 19.9 Å². The van der Waals surface area contributed by atoms with Gasteiger partial charge in [-0.3, -0.25) is 4.79 Å². The van der Waals surface area contributed by atoms with Crippen molar-refractivity contribution in [1.82, 2.24) is 19.7 Å². The van der Waals surface area contributed by atoms with Gasteiger partial charge < -0.3 is 18.9 Å². The van der Waals surface area contributed by atoms with Gasteiger partial charge in [-0.2, -0.15) is 8.78 Å². The van der Waals surface area contributed by atoms with Crippen molar-refractivity contribution < 1.29 is 23.0 Å². The second kappa shape index (κ2) is 10.3. The van der Waals surface area contributed by atoms with Crippen LogP contribution in [0.2, 0.25) is 0 Å². The van der Waals surface area contributed by atoms with Crippen molar-refractivity contribution in [2.45, 2.75) is 18.3 Å². The van der Waals surface area contributed by atoms with Crippen LogP contribution in [-0.4, -0.2) is 52.1 Å². The number of ether oxygens (including phenoxy) is 2. The van der Waals surface area contributed by atoms with Gasteiger partial charge in [-0.15, -0.1) is 10.2 Å². The van der Waals surface area contributed by atoms with E-state index in [1.807, 2.05) is 35.9 Å². The molecular formula is C21H22F2N4O3S. The highest BCUT2D eigenvalue weighted by Gasteiger charge is 2.17. The van der Waals surface area contributed by atoms with E-state index in [0.29, 0.717) is 23.3 Å². The first-order valence-corrected chi connectivity index (χ1v) is 10.3. The maximum Gasteiger partial charge on any atom is 0.387 e. The van der Waals surface area contributed by atoms with Gasteiger partial charge >= 0.3 is 6.61 Å². The molecule has 164 valence electrons. The molecule has 31 heavy (non-hydrogen) atoms. The molecule has 0 aliphatic carbocycles. The van der Waals surface area contributed by atoms with Crippen LogP contribution in [-0.2, 0) is 18.4 Å². The molecule has 0 bridgehead atoms. The molecule has 1 heterocycles. The smallest absolute Gasteiger partial charge is 0.387 e. The van der Waals surface area contributed by atoms with E-state index >= 15 is 0 Å². The number of carbonyl (C=O) groups excluding carboxylic acids is 1. The molecule has 0 fully saturated rings. The molecule has 0 spiro atoms. The van der Waals surface area contributed by atoms with E-state index in [-0.39, 0.29) is 17.4 Å². The molecule has 1 amide bonds. The average Bonchev–Trinajstić information content (AvgIpc) is 3.13. The molecule has 0 aliphatic heterocycles. The van der Waals surface area contributed by atoms with E-state index < -0.39 is 6.61 Å². The van der Waals surface area contributed by atoms with Crippen molar-refractivity contribution in [3.63, 3.8) is 0 Å². The number of carbonyl (C=O) groups is 1. The Kier molecular flexibility index (Phi) is 7.45. The lowest BCUT2D eigenvalue weighted by atomic mass is 10.2. The zero-order valence-corrected chi connectivity index (χ0v) is 18.1. The van der Waals surface area contributed by atoms with Gasteiger partial charge in [-0.25, -0.2) is 0 Å². The van der Waals surface area contributed by atoms with Gasteiger partial charge in [0.15, 0.2) is 11.0 Å². The lowest BCUT2D eigenvalue weighted by Crippen LogP contribution is -2.27. The fraction of sp³-hybridized carbons (Fsp3) is 0.286. The van der Waals surface area contributed by atoms with Crippen LogP contribution < -0.4 is 9.47 Å². The number of amides is 1. The van der Waals surface area contributed by atoms with Gasteiger partial charge in [0.1, 0.15) is 11.5 Å². The van der Waals surface area contributed by atoms with Gasteiger partial charge in [-0.05, 0) is 29.8 Å². The van der Waals surface area contributed by atoms with Crippen LogP contribution in [0.4, 0.5) is 8.78 Å². The van der Waals surface area contributed by atoms with Crippen molar-refractivity contribution in [2.24, 2.45) is 7.05 Å². The Morgan fingerprint density at radius 1 is 1.16 bits per heavy atom. The highest BCUT2D eigenvalue weighted by atomic mass is 32.2. The molecule has 0 saturated carbocycles.